The molecule has 25 heavy (non-hydrogen) atoms. The van der Waals surface area contributed by atoms with Gasteiger partial charge in [0.2, 0.25) is 10.0 Å². The van der Waals surface area contributed by atoms with Crippen molar-refractivity contribution in [3.05, 3.63) is 18.0 Å². The smallest absolute Gasteiger partial charge is 0.270 e. The zero-order chi connectivity index (χ0) is 17.3. The van der Waals surface area contributed by atoms with Gasteiger partial charge in [-0.2, -0.15) is 4.31 Å². The number of aryl methyl sites for hydroxylation is 1. The van der Waals surface area contributed by atoms with Crippen molar-refractivity contribution in [2.75, 3.05) is 32.7 Å². The zero-order valence-corrected chi connectivity index (χ0v) is 16.2. The van der Waals surface area contributed by atoms with E-state index in [-0.39, 0.29) is 23.2 Å². The number of aromatic nitrogens is 1. The Morgan fingerprint density at radius 1 is 1.24 bits per heavy atom. The van der Waals surface area contributed by atoms with Gasteiger partial charge in [-0.05, 0) is 37.8 Å². The maximum absolute atomic E-state index is 12.8. The molecular weight excluding hydrogens is 364 g/mol. The molecule has 0 spiro atoms. The van der Waals surface area contributed by atoms with Gasteiger partial charge in [-0.15, -0.1) is 12.4 Å². The highest BCUT2D eigenvalue weighted by Gasteiger charge is 2.31. The summed E-state index contributed by atoms with van der Waals surface area (Å²) in [7, 11) is -1.79. The summed E-state index contributed by atoms with van der Waals surface area (Å²) in [6.07, 6.45) is 5.32. The highest BCUT2D eigenvalue weighted by atomic mass is 35.5. The van der Waals surface area contributed by atoms with Crippen LogP contribution in [0.15, 0.2) is 17.2 Å². The lowest BCUT2D eigenvalue weighted by Gasteiger charge is -2.25. The van der Waals surface area contributed by atoms with Gasteiger partial charge in [-0.1, -0.05) is 6.42 Å². The zero-order valence-electron chi connectivity index (χ0n) is 14.6. The molecule has 2 fully saturated rings. The van der Waals surface area contributed by atoms with Crippen LogP contribution in [-0.4, -0.2) is 60.8 Å². The summed E-state index contributed by atoms with van der Waals surface area (Å²) >= 11 is 0. The minimum atomic E-state index is -3.51. The molecule has 142 valence electrons. The van der Waals surface area contributed by atoms with Crippen molar-refractivity contribution in [2.24, 2.45) is 18.7 Å². The highest BCUT2D eigenvalue weighted by molar-refractivity contribution is 7.89. The van der Waals surface area contributed by atoms with Crippen molar-refractivity contribution in [3.8, 4) is 0 Å². The average Bonchev–Trinajstić information content (AvgIpc) is 3.22. The molecule has 1 aromatic rings. The normalized spacial score (nSPS) is 22.0. The number of nitrogens with two attached hydrogens (primary N) is 1. The Bertz CT molecular complexity index is 713. The molecule has 9 heteroatoms. The van der Waals surface area contributed by atoms with Gasteiger partial charge in [0.1, 0.15) is 10.6 Å². The largest absolute Gasteiger partial charge is 0.345 e. The first-order chi connectivity index (χ1) is 11.4. The summed E-state index contributed by atoms with van der Waals surface area (Å²) in [5.41, 5.74) is 6.10. The van der Waals surface area contributed by atoms with Crippen LogP contribution in [0, 0.1) is 5.92 Å². The minimum Gasteiger partial charge on any atom is -0.345 e. The molecule has 0 radical (unpaired) electrons. The molecule has 0 bridgehead atoms. The van der Waals surface area contributed by atoms with Gasteiger partial charge in [0.15, 0.2) is 0 Å². The van der Waals surface area contributed by atoms with Crippen molar-refractivity contribution in [3.63, 3.8) is 0 Å². The SMILES string of the molecule is Cl.Cn1cc(S(=O)(=O)N2CCCCC2)cc1C(=O)N1CCC(CN)C1. The molecule has 1 atom stereocenters. The van der Waals surface area contributed by atoms with Crippen molar-refractivity contribution in [2.45, 2.75) is 30.6 Å². The number of piperidine rings is 1. The molecule has 0 aliphatic carbocycles. The molecule has 3 rings (SSSR count). The van der Waals surface area contributed by atoms with Crippen molar-refractivity contribution >= 4 is 28.3 Å². The number of hydrogen-bond acceptors (Lipinski definition) is 4. The number of hydrogen-bond donors (Lipinski definition) is 1. The predicted octanol–water partition coefficient (Wildman–Crippen LogP) is 1.04. The summed E-state index contributed by atoms with van der Waals surface area (Å²) in [6, 6.07) is 1.52. The summed E-state index contributed by atoms with van der Waals surface area (Å²) < 4.78 is 28.7. The van der Waals surface area contributed by atoms with Gasteiger partial charge in [0, 0.05) is 39.4 Å². The van der Waals surface area contributed by atoms with E-state index in [4.69, 9.17) is 5.73 Å². The number of sulfonamides is 1. The molecule has 1 aromatic heterocycles. The molecular formula is C16H27ClN4O3S. The summed E-state index contributed by atoms with van der Waals surface area (Å²) in [5, 5.41) is 0. The first-order valence-corrected chi connectivity index (χ1v) is 10.0. The van der Waals surface area contributed by atoms with E-state index in [1.54, 1.807) is 22.7 Å². The Morgan fingerprint density at radius 3 is 2.52 bits per heavy atom. The molecule has 0 saturated carbocycles. The van der Waals surface area contributed by atoms with E-state index in [1.807, 2.05) is 0 Å². The van der Waals surface area contributed by atoms with Gasteiger partial charge in [-0.25, -0.2) is 8.42 Å². The first kappa shape index (κ1) is 20.2. The van der Waals surface area contributed by atoms with Crippen LogP contribution in [-0.2, 0) is 17.1 Å². The molecule has 2 aliphatic heterocycles. The third kappa shape index (κ3) is 4.02. The fraction of sp³-hybridized carbons (Fsp3) is 0.688. The van der Waals surface area contributed by atoms with Gasteiger partial charge < -0.3 is 15.2 Å². The molecule has 1 amide bonds. The number of carbonyl (C=O) groups excluding carboxylic acids is 1. The quantitative estimate of drug-likeness (QED) is 0.831. The van der Waals surface area contributed by atoms with Crippen LogP contribution in [0.25, 0.3) is 0 Å². The topological polar surface area (TPSA) is 88.6 Å². The number of likely N-dealkylation sites (tertiary alicyclic amines) is 1. The van der Waals surface area contributed by atoms with E-state index in [0.717, 1.165) is 25.7 Å². The van der Waals surface area contributed by atoms with E-state index in [1.165, 1.54) is 10.4 Å². The number of amides is 1. The standard InChI is InChI=1S/C16H26N4O3S.ClH/c1-18-12-14(24(22,23)20-6-3-2-4-7-20)9-15(18)16(21)19-8-5-13(10-17)11-19;/h9,12-13H,2-8,10-11,17H2,1H3;1H. The van der Waals surface area contributed by atoms with Crippen LogP contribution in [0.4, 0.5) is 0 Å². The third-order valence-corrected chi connectivity index (χ3v) is 6.92. The summed E-state index contributed by atoms with van der Waals surface area (Å²) in [6.45, 7) is 3.02. The van der Waals surface area contributed by atoms with Crippen LogP contribution in [0.1, 0.15) is 36.2 Å². The van der Waals surface area contributed by atoms with Gasteiger partial charge in [-0.3, -0.25) is 4.79 Å². The fourth-order valence-electron chi connectivity index (χ4n) is 3.51. The minimum absolute atomic E-state index is 0. The maximum atomic E-state index is 12.8. The Kier molecular flexibility index (Phi) is 6.53. The van der Waals surface area contributed by atoms with E-state index < -0.39 is 10.0 Å². The van der Waals surface area contributed by atoms with Crippen molar-refractivity contribution in [1.82, 2.24) is 13.8 Å². The van der Waals surface area contributed by atoms with Gasteiger partial charge in [0.25, 0.3) is 5.91 Å². The summed E-state index contributed by atoms with van der Waals surface area (Å²) in [5.74, 6) is 0.222. The van der Waals surface area contributed by atoms with Crippen LogP contribution in [0.3, 0.4) is 0 Å². The molecule has 2 N–H and O–H groups in total. The second kappa shape index (κ2) is 8.07. The second-order valence-corrected chi connectivity index (χ2v) is 8.72. The van der Waals surface area contributed by atoms with E-state index >= 15 is 0 Å². The predicted molar refractivity (Wildman–Crippen MR) is 98.3 cm³/mol. The lowest BCUT2D eigenvalue weighted by atomic mass is 10.1. The Morgan fingerprint density at radius 2 is 1.92 bits per heavy atom. The third-order valence-electron chi connectivity index (χ3n) is 5.06. The maximum Gasteiger partial charge on any atom is 0.270 e. The number of nitrogens with zero attached hydrogens (tertiary/aromatic N) is 3. The number of halogens is 1. The Hall–Kier alpha value is -1.09. The molecule has 2 saturated heterocycles. The lowest BCUT2D eigenvalue weighted by molar-refractivity contribution is 0.0778. The summed E-state index contributed by atoms with van der Waals surface area (Å²) in [4.78, 5) is 14.7. The van der Waals surface area contributed by atoms with Gasteiger partial charge >= 0.3 is 0 Å². The van der Waals surface area contributed by atoms with Crippen LogP contribution in [0.5, 0.6) is 0 Å². The molecule has 0 aromatic carbocycles. The van der Waals surface area contributed by atoms with Crippen LogP contribution in [0.2, 0.25) is 0 Å². The molecule has 1 unspecified atom stereocenters. The van der Waals surface area contributed by atoms with Crippen molar-refractivity contribution < 1.29 is 13.2 Å². The second-order valence-electron chi connectivity index (χ2n) is 6.78. The molecule has 7 nitrogen and oxygen atoms in total. The Balaban J connectivity index is 0.00000225. The van der Waals surface area contributed by atoms with Crippen LogP contribution >= 0.6 is 12.4 Å². The van der Waals surface area contributed by atoms with E-state index in [2.05, 4.69) is 0 Å². The number of rotatable bonds is 4. The average molecular weight is 391 g/mol. The van der Waals surface area contributed by atoms with E-state index in [9.17, 15) is 13.2 Å². The first-order valence-electron chi connectivity index (χ1n) is 8.59. The monoisotopic (exact) mass is 390 g/mol. The molecule has 3 heterocycles. The molecule has 2 aliphatic rings. The fourth-order valence-corrected chi connectivity index (χ4v) is 5.10. The lowest BCUT2D eigenvalue weighted by Crippen LogP contribution is -2.35. The Labute approximate surface area is 155 Å². The van der Waals surface area contributed by atoms with E-state index in [0.29, 0.717) is 44.3 Å². The highest BCUT2D eigenvalue weighted by Crippen LogP contribution is 2.24. The van der Waals surface area contributed by atoms with Crippen molar-refractivity contribution in [1.29, 1.82) is 0 Å². The van der Waals surface area contributed by atoms with Crippen LogP contribution < -0.4 is 5.73 Å². The van der Waals surface area contributed by atoms with Gasteiger partial charge in [0.05, 0.1) is 0 Å². The number of carbonyl (C=O) groups is 1.